The lowest BCUT2D eigenvalue weighted by Crippen LogP contribution is -2.36. The molecule has 0 bridgehead atoms. The van der Waals surface area contributed by atoms with Gasteiger partial charge in [0.05, 0.1) is 24.4 Å². The molecular formula is C25H25N7O2. The number of H-pyrrole nitrogens is 1. The summed E-state index contributed by atoms with van der Waals surface area (Å²) in [5, 5.41) is 21.1. The number of nitrogens with one attached hydrogen (secondary N) is 2. The predicted octanol–water partition coefficient (Wildman–Crippen LogP) is 3.39. The summed E-state index contributed by atoms with van der Waals surface area (Å²) in [6.07, 6.45) is 6.20. The van der Waals surface area contributed by atoms with Crippen LogP contribution in [0, 0.1) is 0 Å². The molecule has 2 aromatic carbocycles. The van der Waals surface area contributed by atoms with Gasteiger partial charge in [-0.25, -0.2) is 9.97 Å². The number of rotatable bonds is 6. The molecule has 0 unspecified atom stereocenters. The van der Waals surface area contributed by atoms with Crippen LogP contribution in [-0.2, 0) is 11.2 Å². The van der Waals surface area contributed by atoms with Crippen molar-refractivity contribution in [3.63, 3.8) is 0 Å². The maximum absolute atomic E-state index is 9.26. The van der Waals surface area contributed by atoms with E-state index in [1.54, 1.807) is 6.20 Å². The maximum atomic E-state index is 9.26. The Morgan fingerprint density at radius 2 is 1.94 bits per heavy atom. The molecule has 1 aliphatic rings. The van der Waals surface area contributed by atoms with Gasteiger partial charge in [0.15, 0.2) is 11.5 Å². The van der Waals surface area contributed by atoms with Gasteiger partial charge in [-0.05, 0) is 30.3 Å². The molecule has 0 spiro atoms. The largest absolute Gasteiger partial charge is 0.396 e. The zero-order valence-electron chi connectivity index (χ0n) is 18.6. The summed E-state index contributed by atoms with van der Waals surface area (Å²) in [6, 6.07) is 14.4. The lowest BCUT2D eigenvalue weighted by Gasteiger charge is -2.28. The predicted molar refractivity (Wildman–Crippen MR) is 132 cm³/mol. The van der Waals surface area contributed by atoms with Crippen LogP contribution in [0.3, 0.4) is 0 Å². The van der Waals surface area contributed by atoms with Crippen LogP contribution in [0.5, 0.6) is 0 Å². The molecule has 5 aromatic rings. The van der Waals surface area contributed by atoms with Crippen LogP contribution in [0.15, 0.2) is 61.1 Å². The van der Waals surface area contributed by atoms with Crippen LogP contribution < -0.4 is 10.2 Å². The van der Waals surface area contributed by atoms with E-state index in [-0.39, 0.29) is 6.61 Å². The van der Waals surface area contributed by atoms with E-state index in [0.717, 1.165) is 65.5 Å². The van der Waals surface area contributed by atoms with Gasteiger partial charge in [0.1, 0.15) is 0 Å². The van der Waals surface area contributed by atoms with E-state index in [4.69, 9.17) is 9.72 Å². The first-order valence-corrected chi connectivity index (χ1v) is 11.4. The number of hydrogen-bond acceptors (Lipinski definition) is 7. The molecule has 172 valence electrons. The number of fused-ring (bicyclic) bond motifs is 2. The van der Waals surface area contributed by atoms with Crippen molar-refractivity contribution in [2.75, 3.05) is 43.1 Å². The molecule has 0 aliphatic carbocycles. The standard InChI is InChI=1S/C25H25N7O2/c33-12-7-21-20-6-1-17(15-22(20)30-29-21)23-16-32-9-8-26-25(32)24(28-23)27-18-2-4-19(5-3-18)31-10-13-34-14-11-31/h1-6,8-9,15-16,33H,7,10-14H2,(H,27,28)(H,29,30). The number of ether oxygens (including phenoxy) is 1. The quantitative estimate of drug-likeness (QED) is 0.361. The molecule has 34 heavy (non-hydrogen) atoms. The topological polar surface area (TPSA) is 104 Å². The molecule has 0 radical (unpaired) electrons. The van der Waals surface area contributed by atoms with E-state index in [9.17, 15) is 5.11 Å². The van der Waals surface area contributed by atoms with Crippen molar-refractivity contribution in [2.24, 2.45) is 0 Å². The number of imidazole rings is 1. The lowest BCUT2D eigenvalue weighted by molar-refractivity contribution is 0.122. The molecule has 9 heteroatoms. The zero-order chi connectivity index (χ0) is 22.9. The zero-order valence-corrected chi connectivity index (χ0v) is 18.6. The molecule has 0 atom stereocenters. The number of anilines is 3. The highest BCUT2D eigenvalue weighted by Crippen LogP contribution is 2.28. The summed E-state index contributed by atoms with van der Waals surface area (Å²) in [5.41, 5.74) is 6.44. The molecule has 6 rings (SSSR count). The number of aromatic nitrogens is 5. The van der Waals surface area contributed by atoms with Crippen molar-refractivity contribution in [2.45, 2.75) is 6.42 Å². The van der Waals surface area contributed by atoms with Crippen LogP contribution in [-0.4, -0.2) is 62.6 Å². The van der Waals surface area contributed by atoms with E-state index in [1.807, 2.05) is 35.0 Å². The highest BCUT2D eigenvalue weighted by atomic mass is 16.5. The Morgan fingerprint density at radius 3 is 2.76 bits per heavy atom. The molecule has 1 fully saturated rings. The van der Waals surface area contributed by atoms with Gasteiger partial charge < -0.3 is 24.5 Å². The highest BCUT2D eigenvalue weighted by Gasteiger charge is 2.14. The third-order valence-electron chi connectivity index (χ3n) is 6.17. The number of benzene rings is 2. The van der Waals surface area contributed by atoms with Gasteiger partial charge in [-0.2, -0.15) is 5.10 Å². The van der Waals surface area contributed by atoms with Gasteiger partial charge in [-0.3, -0.25) is 5.10 Å². The minimum Gasteiger partial charge on any atom is -0.396 e. The first-order chi connectivity index (χ1) is 16.8. The van der Waals surface area contributed by atoms with E-state index in [0.29, 0.717) is 12.2 Å². The Hall–Kier alpha value is -3.95. The SMILES string of the molecule is OCCc1[nH]nc2cc(-c3cn4ccnc4c(Nc4ccc(N5CCOCC5)cc4)n3)ccc12. The number of aliphatic hydroxyl groups is 1. The lowest BCUT2D eigenvalue weighted by atomic mass is 10.1. The summed E-state index contributed by atoms with van der Waals surface area (Å²) >= 11 is 0. The summed E-state index contributed by atoms with van der Waals surface area (Å²) < 4.78 is 7.42. The van der Waals surface area contributed by atoms with Gasteiger partial charge in [-0.15, -0.1) is 0 Å². The van der Waals surface area contributed by atoms with Crippen molar-refractivity contribution < 1.29 is 9.84 Å². The molecule has 3 aromatic heterocycles. The van der Waals surface area contributed by atoms with E-state index >= 15 is 0 Å². The summed E-state index contributed by atoms with van der Waals surface area (Å²) in [4.78, 5) is 11.7. The highest BCUT2D eigenvalue weighted by molar-refractivity contribution is 5.86. The van der Waals surface area contributed by atoms with Gasteiger partial charge in [0, 0.05) is 72.7 Å². The van der Waals surface area contributed by atoms with Gasteiger partial charge in [0.2, 0.25) is 0 Å². The Kier molecular flexibility index (Phi) is 5.32. The average molecular weight is 456 g/mol. The van der Waals surface area contributed by atoms with E-state index < -0.39 is 0 Å². The normalized spacial score (nSPS) is 14.2. The van der Waals surface area contributed by atoms with Gasteiger partial charge in [0.25, 0.3) is 0 Å². The van der Waals surface area contributed by atoms with Crippen molar-refractivity contribution >= 4 is 33.7 Å². The monoisotopic (exact) mass is 455 g/mol. The minimum absolute atomic E-state index is 0.0837. The van der Waals surface area contributed by atoms with Crippen LogP contribution in [0.25, 0.3) is 27.8 Å². The average Bonchev–Trinajstić information content (AvgIpc) is 3.52. The van der Waals surface area contributed by atoms with Crippen LogP contribution >= 0.6 is 0 Å². The molecule has 0 saturated carbocycles. The number of nitrogens with zero attached hydrogens (tertiary/aromatic N) is 5. The van der Waals surface area contributed by atoms with Crippen LogP contribution in [0.4, 0.5) is 17.2 Å². The van der Waals surface area contributed by atoms with Crippen LogP contribution in [0.1, 0.15) is 5.69 Å². The van der Waals surface area contributed by atoms with E-state index in [2.05, 4.69) is 49.7 Å². The van der Waals surface area contributed by atoms with Crippen molar-refractivity contribution in [1.82, 2.24) is 24.6 Å². The van der Waals surface area contributed by atoms with Gasteiger partial charge >= 0.3 is 0 Å². The molecule has 1 aliphatic heterocycles. The Balaban J connectivity index is 1.32. The Bertz CT molecular complexity index is 1440. The summed E-state index contributed by atoms with van der Waals surface area (Å²) in [7, 11) is 0. The second-order valence-corrected chi connectivity index (χ2v) is 8.31. The first-order valence-electron chi connectivity index (χ1n) is 11.4. The fraction of sp³-hybridized carbons (Fsp3) is 0.240. The second-order valence-electron chi connectivity index (χ2n) is 8.31. The first kappa shape index (κ1) is 20.6. The molecule has 4 heterocycles. The third kappa shape index (κ3) is 3.85. The Morgan fingerprint density at radius 1 is 1.09 bits per heavy atom. The number of hydrogen-bond donors (Lipinski definition) is 3. The van der Waals surface area contributed by atoms with Crippen molar-refractivity contribution in [1.29, 1.82) is 0 Å². The number of aliphatic hydroxyl groups excluding tert-OH is 1. The summed E-state index contributed by atoms with van der Waals surface area (Å²) in [5.74, 6) is 0.685. The Labute approximate surface area is 196 Å². The van der Waals surface area contributed by atoms with Gasteiger partial charge in [-0.1, -0.05) is 12.1 Å². The minimum atomic E-state index is 0.0837. The molecule has 3 N–H and O–H groups in total. The molecule has 9 nitrogen and oxygen atoms in total. The smallest absolute Gasteiger partial charge is 0.180 e. The fourth-order valence-corrected chi connectivity index (χ4v) is 4.40. The van der Waals surface area contributed by atoms with Crippen molar-refractivity contribution in [3.05, 3.63) is 66.7 Å². The number of morpholine rings is 1. The summed E-state index contributed by atoms with van der Waals surface area (Å²) in [6.45, 7) is 3.43. The maximum Gasteiger partial charge on any atom is 0.180 e. The second kappa shape index (κ2) is 8.77. The molecule has 1 saturated heterocycles. The van der Waals surface area contributed by atoms with E-state index in [1.165, 1.54) is 5.69 Å². The third-order valence-corrected chi connectivity index (χ3v) is 6.17. The fourth-order valence-electron chi connectivity index (χ4n) is 4.40. The molecular weight excluding hydrogens is 430 g/mol. The van der Waals surface area contributed by atoms with Crippen LogP contribution in [0.2, 0.25) is 0 Å². The molecule has 0 amide bonds. The number of aromatic amines is 1. The van der Waals surface area contributed by atoms with Crippen molar-refractivity contribution in [3.8, 4) is 11.3 Å².